The fraction of sp³-hybridized carbons (Fsp3) is 0.565. The fourth-order valence-electron chi connectivity index (χ4n) is 3.86. The van der Waals surface area contributed by atoms with Crippen LogP contribution in [-0.2, 0) is 16.1 Å². The zero-order valence-electron chi connectivity index (χ0n) is 18.5. The standard InChI is InChI=1S/C21H32N2O2.C2H2O4/c1-3-25-21-15-19(9-10-20(21)24-2)17-23-13-11-22(12-14-23)16-18-7-5-4-6-8-18;3-1(4)2(5)6/h4-5,9-10,15,18H,3,6-8,11-14,16-17H2,1-2H3;(H,3,4)(H,5,6). The monoisotopic (exact) mass is 434 g/mol. The van der Waals surface area contributed by atoms with Crippen LogP contribution in [0.3, 0.4) is 0 Å². The second kappa shape index (κ2) is 13.0. The van der Waals surface area contributed by atoms with Gasteiger partial charge in [0.05, 0.1) is 13.7 Å². The Morgan fingerprint density at radius 3 is 2.26 bits per heavy atom. The Balaban J connectivity index is 0.000000501. The maximum absolute atomic E-state index is 9.10. The van der Waals surface area contributed by atoms with Gasteiger partial charge in [0.1, 0.15) is 0 Å². The van der Waals surface area contributed by atoms with E-state index in [4.69, 9.17) is 29.3 Å². The summed E-state index contributed by atoms with van der Waals surface area (Å²) in [6, 6.07) is 6.30. The number of carbonyl (C=O) groups is 2. The highest BCUT2D eigenvalue weighted by Gasteiger charge is 2.20. The Hall–Kier alpha value is -2.58. The summed E-state index contributed by atoms with van der Waals surface area (Å²) < 4.78 is 11.1. The molecule has 0 spiro atoms. The van der Waals surface area contributed by atoms with Gasteiger partial charge < -0.3 is 24.6 Å². The van der Waals surface area contributed by atoms with Crippen LogP contribution in [0, 0.1) is 5.92 Å². The molecule has 1 aliphatic heterocycles. The summed E-state index contributed by atoms with van der Waals surface area (Å²) in [6.07, 6.45) is 8.60. The molecule has 172 valence electrons. The molecule has 31 heavy (non-hydrogen) atoms. The van der Waals surface area contributed by atoms with Gasteiger partial charge in [-0.05, 0) is 49.8 Å². The van der Waals surface area contributed by atoms with Gasteiger partial charge in [-0.3, -0.25) is 4.90 Å². The Morgan fingerprint density at radius 1 is 1.03 bits per heavy atom. The van der Waals surface area contributed by atoms with Crippen LogP contribution in [0.15, 0.2) is 30.4 Å². The predicted octanol–water partition coefficient (Wildman–Crippen LogP) is 2.72. The molecule has 0 amide bonds. The summed E-state index contributed by atoms with van der Waals surface area (Å²) in [6.45, 7) is 9.61. The van der Waals surface area contributed by atoms with Crippen LogP contribution in [-0.4, -0.2) is 78.4 Å². The largest absolute Gasteiger partial charge is 0.493 e. The summed E-state index contributed by atoms with van der Waals surface area (Å²) in [5.74, 6) is -1.11. The average molecular weight is 435 g/mol. The first-order chi connectivity index (χ1) is 14.9. The van der Waals surface area contributed by atoms with E-state index in [1.165, 1.54) is 44.5 Å². The number of piperazine rings is 1. The van der Waals surface area contributed by atoms with E-state index in [2.05, 4.69) is 34.1 Å². The molecule has 1 atom stereocenters. The van der Waals surface area contributed by atoms with Crippen molar-refractivity contribution in [2.45, 2.75) is 32.7 Å². The molecule has 0 radical (unpaired) electrons. The summed E-state index contributed by atoms with van der Waals surface area (Å²) in [7, 11) is 1.69. The number of rotatable bonds is 7. The van der Waals surface area contributed by atoms with E-state index in [1.54, 1.807) is 7.11 Å². The molecular weight excluding hydrogens is 400 g/mol. The first kappa shape index (κ1) is 24.7. The smallest absolute Gasteiger partial charge is 0.414 e. The molecular formula is C23H34N2O6. The summed E-state index contributed by atoms with van der Waals surface area (Å²) >= 11 is 0. The minimum absolute atomic E-state index is 0.662. The number of ether oxygens (including phenoxy) is 2. The van der Waals surface area contributed by atoms with Gasteiger partial charge in [-0.25, -0.2) is 9.59 Å². The Labute approximate surface area is 184 Å². The molecule has 1 aromatic rings. The van der Waals surface area contributed by atoms with Crippen molar-refractivity contribution in [2.24, 2.45) is 5.92 Å². The zero-order chi connectivity index (χ0) is 22.6. The van der Waals surface area contributed by atoms with E-state index in [0.29, 0.717) is 6.61 Å². The predicted molar refractivity (Wildman–Crippen MR) is 118 cm³/mol. The van der Waals surface area contributed by atoms with Crippen LogP contribution >= 0.6 is 0 Å². The van der Waals surface area contributed by atoms with Gasteiger partial charge in [0, 0.05) is 39.3 Å². The van der Waals surface area contributed by atoms with Crippen LogP contribution in [0.2, 0.25) is 0 Å². The summed E-state index contributed by atoms with van der Waals surface area (Å²) in [5, 5.41) is 14.8. The van der Waals surface area contributed by atoms with Crippen LogP contribution in [0.4, 0.5) is 0 Å². The highest BCUT2D eigenvalue weighted by molar-refractivity contribution is 6.27. The van der Waals surface area contributed by atoms with Crippen LogP contribution in [0.1, 0.15) is 31.7 Å². The molecule has 1 aliphatic carbocycles. The lowest BCUT2D eigenvalue weighted by Gasteiger charge is -2.36. The van der Waals surface area contributed by atoms with Gasteiger partial charge >= 0.3 is 11.9 Å². The van der Waals surface area contributed by atoms with Gasteiger partial charge in [0.25, 0.3) is 0 Å². The van der Waals surface area contributed by atoms with Crippen LogP contribution < -0.4 is 9.47 Å². The number of carboxylic acid groups (broad SMARTS) is 2. The number of hydrogen-bond donors (Lipinski definition) is 2. The number of hydrogen-bond acceptors (Lipinski definition) is 6. The van der Waals surface area contributed by atoms with Crippen molar-refractivity contribution in [1.82, 2.24) is 9.80 Å². The van der Waals surface area contributed by atoms with E-state index in [1.807, 2.05) is 13.0 Å². The molecule has 8 nitrogen and oxygen atoms in total. The van der Waals surface area contributed by atoms with Gasteiger partial charge in [0.2, 0.25) is 0 Å². The van der Waals surface area contributed by atoms with E-state index in [9.17, 15) is 0 Å². The maximum Gasteiger partial charge on any atom is 0.414 e. The van der Waals surface area contributed by atoms with Gasteiger partial charge in [0.15, 0.2) is 11.5 Å². The zero-order valence-corrected chi connectivity index (χ0v) is 18.5. The quantitative estimate of drug-likeness (QED) is 0.499. The Morgan fingerprint density at radius 2 is 1.71 bits per heavy atom. The first-order valence-electron chi connectivity index (χ1n) is 10.8. The molecule has 1 heterocycles. The molecule has 3 rings (SSSR count). The lowest BCUT2D eigenvalue weighted by Crippen LogP contribution is -2.47. The van der Waals surface area contributed by atoms with Gasteiger partial charge in [-0.15, -0.1) is 0 Å². The number of carboxylic acids is 2. The molecule has 1 unspecified atom stereocenters. The minimum atomic E-state index is -1.82. The van der Waals surface area contributed by atoms with Crippen molar-refractivity contribution in [3.8, 4) is 11.5 Å². The highest BCUT2D eigenvalue weighted by atomic mass is 16.5. The molecule has 0 bridgehead atoms. The molecule has 1 fully saturated rings. The Kier molecular flexibility index (Phi) is 10.3. The molecule has 0 aromatic heterocycles. The third-order valence-corrected chi connectivity index (χ3v) is 5.48. The normalized spacial score (nSPS) is 19.2. The van der Waals surface area contributed by atoms with Crippen molar-refractivity contribution in [1.29, 1.82) is 0 Å². The SMILES string of the molecule is CCOc1cc(CN2CCN(CC3CC=CCC3)CC2)ccc1OC.O=C(O)C(=O)O. The fourth-order valence-corrected chi connectivity index (χ4v) is 3.86. The molecule has 2 aliphatic rings. The number of aliphatic carboxylic acids is 2. The number of allylic oxidation sites excluding steroid dienone is 2. The number of benzene rings is 1. The van der Waals surface area contributed by atoms with Gasteiger partial charge in [-0.1, -0.05) is 18.2 Å². The number of methoxy groups -OCH3 is 1. The lowest BCUT2D eigenvalue weighted by molar-refractivity contribution is -0.159. The van der Waals surface area contributed by atoms with Crippen molar-refractivity contribution < 1.29 is 29.3 Å². The lowest BCUT2D eigenvalue weighted by atomic mass is 9.94. The molecule has 1 aromatic carbocycles. The minimum Gasteiger partial charge on any atom is -0.493 e. The maximum atomic E-state index is 9.10. The molecule has 1 saturated heterocycles. The van der Waals surface area contributed by atoms with E-state index in [-0.39, 0.29) is 0 Å². The average Bonchev–Trinajstić information content (AvgIpc) is 2.77. The van der Waals surface area contributed by atoms with E-state index >= 15 is 0 Å². The molecule has 2 N–H and O–H groups in total. The molecule has 8 heteroatoms. The van der Waals surface area contributed by atoms with Crippen molar-refractivity contribution in [3.63, 3.8) is 0 Å². The van der Waals surface area contributed by atoms with Crippen LogP contribution in [0.25, 0.3) is 0 Å². The number of nitrogens with zero attached hydrogens (tertiary/aromatic N) is 2. The van der Waals surface area contributed by atoms with E-state index < -0.39 is 11.9 Å². The summed E-state index contributed by atoms with van der Waals surface area (Å²) in [5.41, 5.74) is 1.30. The van der Waals surface area contributed by atoms with Crippen molar-refractivity contribution >= 4 is 11.9 Å². The van der Waals surface area contributed by atoms with E-state index in [0.717, 1.165) is 37.1 Å². The second-order valence-corrected chi connectivity index (χ2v) is 7.76. The van der Waals surface area contributed by atoms with Crippen LogP contribution in [0.5, 0.6) is 11.5 Å². The first-order valence-corrected chi connectivity index (χ1v) is 10.8. The molecule has 0 saturated carbocycles. The highest BCUT2D eigenvalue weighted by Crippen LogP contribution is 2.28. The topological polar surface area (TPSA) is 99.5 Å². The van der Waals surface area contributed by atoms with Crippen molar-refractivity contribution in [2.75, 3.05) is 46.4 Å². The van der Waals surface area contributed by atoms with Gasteiger partial charge in [-0.2, -0.15) is 0 Å². The van der Waals surface area contributed by atoms with Crippen molar-refractivity contribution in [3.05, 3.63) is 35.9 Å². The second-order valence-electron chi connectivity index (χ2n) is 7.76. The third-order valence-electron chi connectivity index (χ3n) is 5.48. The third kappa shape index (κ3) is 8.59. The summed E-state index contributed by atoms with van der Waals surface area (Å²) in [4.78, 5) is 23.4. The Bertz CT molecular complexity index is 732.